The summed E-state index contributed by atoms with van der Waals surface area (Å²) in [5.41, 5.74) is 2.73. The fourth-order valence-corrected chi connectivity index (χ4v) is 1.88. The van der Waals surface area contributed by atoms with Gasteiger partial charge in [0.05, 0.1) is 0 Å². The molecule has 1 aromatic carbocycles. The zero-order valence-corrected chi connectivity index (χ0v) is 10.2. The number of H-pyrrole nitrogens is 1. The third-order valence-corrected chi connectivity index (χ3v) is 2.65. The van der Waals surface area contributed by atoms with Crippen molar-refractivity contribution < 1.29 is 4.79 Å². The molecule has 0 saturated carbocycles. The van der Waals surface area contributed by atoms with E-state index in [-0.39, 0.29) is 5.91 Å². The first-order valence-corrected chi connectivity index (χ1v) is 5.55. The molecule has 17 heavy (non-hydrogen) atoms. The maximum Gasteiger partial charge on any atom is 0.253 e. The van der Waals surface area contributed by atoms with Gasteiger partial charge >= 0.3 is 0 Å². The summed E-state index contributed by atoms with van der Waals surface area (Å²) in [7, 11) is 1.79. The third kappa shape index (κ3) is 2.38. The normalized spacial score (nSPS) is 10.5. The molecule has 3 heteroatoms. The van der Waals surface area contributed by atoms with Crippen LogP contribution in [-0.2, 0) is 0 Å². The lowest BCUT2D eigenvalue weighted by atomic mass is 10.1. The predicted molar refractivity (Wildman–Crippen MR) is 70.1 cm³/mol. The lowest BCUT2D eigenvalue weighted by Gasteiger charge is -2.17. The van der Waals surface area contributed by atoms with Gasteiger partial charge in [-0.15, -0.1) is 0 Å². The van der Waals surface area contributed by atoms with Crippen LogP contribution < -0.4 is 0 Å². The van der Waals surface area contributed by atoms with Gasteiger partial charge in [-0.3, -0.25) is 4.79 Å². The number of aromatic nitrogens is 1. The zero-order valence-electron chi connectivity index (χ0n) is 10.2. The number of rotatable bonds is 3. The summed E-state index contributed by atoms with van der Waals surface area (Å²) in [6, 6.07) is 7.64. The molecule has 0 bridgehead atoms. The highest BCUT2D eigenvalue weighted by molar-refractivity contribution is 5.98. The summed E-state index contributed by atoms with van der Waals surface area (Å²) < 4.78 is 0. The van der Waals surface area contributed by atoms with Crippen molar-refractivity contribution in [1.82, 2.24) is 9.88 Å². The molecule has 0 aliphatic carbocycles. The second-order valence-corrected chi connectivity index (χ2v) is 4.40. The van der Waals surface area contributed by atoms with Crippen molar-refractivity contribution in [3.8, 4) is 0 Å². The Morgan fingerprint density at radius 2 is 2.18 bits per heavy atom. The van der Waals surface area contributed by atoms with Crippen molar-refractivity contribution in [2.75, 3.05) is 13.6 Å². The van der Waals surface area contributed by atoms with E-state index in [1.165, 1.54) is 0 Å². The number of amides is 1. The number of carbonyl (C=O) groups is 1. The number of benzene rings is 1. The highest BCUT2D eigenvalue weighted by atomic mass is 16.2. The van der Waals surface area contributed by atoms with Gasteiger partial charge in [0.25, 0.3) is 5.91 Å². The molecule has 0 aliphatic heterocycles. The van der Waals surface area contributed by atoms with Gasteiger partial charge in [0.15, 0.2) is 0 Å². The largest absolute Gasteiger partial charge is 0.361 e. The summed E-state index contributed by atoms with van der Waals surface area (Å²) in [5, 5.41) is 1.06. The molecule has 0 unspecified atom stereocenters. The number of hydrogen-bond acceptors (Lipinski definition) is 1. The fourth-order valence-electron chi connectivity index (χ4n) is 1.88. The number of aromatic amines is 1. The molecule has 88 valence electrons. The van der Waals surface area contributed by atoms with Crippen molar-refractivity contribution >= 4 is 16.8 Å². The Morgan fingerprint density at radius 3 is 2.88 bits per heavy atom. The number of nitrogens with zero attached hydrogens (tertiary/aromatic N) is 1. The molecular weight excluding hydrogens is 212 g/mol. The molecule has 0 spiro atoms. The van der Waals surface area contributed by atoms with Gasteiger partial charge in [-0.05, 0) is 31.2 Å². The molecular formula is C14H16N2O. The van der Waals surface area contributed by atoms with E-state index in [0.717, 1.165) is 16.5 Å². The Morgan fingerprint density at radius 1 is 1.41 bits per heavy atom. The maximum absolute atomic E-state index is 12.1. The van der Waals surface area contributed by atoms with Gasteiger partial charge in [-0.2, -0.15) is 0 Å². The molecule has 1 aromatic heterocycles. The minimum Gasteiger partial charge on any atom is -0.361 e. The summed E-state index contributed by atoms with van der Waals surface area (Å²) in [6.45, 7) is 6.32. The van der Waals surface area contributed by atoms with E-state index in [1.54, 1.807) is 11.9 Å². The summed E-state index contributed by atoms with van der Waals surface area (Å²) in [5.74, 6) is 0.0242. The Bertz CT molecular complexity index is 568. The number of hydrogen-bond donors (Lipinski definition) is 1. The third-order valence-electron chi connectivity index (χ3n) is 2.65. The van der Waals surface area contributed by atoms with E-state index in [9.17, 15) is 4.79 Å². The van der Waals surface area contributed by atoms with Crippen molar-refractivity contribution in [3.05, 3.63) is 48.2 Å². The molecule has 0 atom stereocenters. The van der Waals surface area contributed by atoms with Crippen LogP contribution in [0, 0.1) is 0 Å². The molecule has 0 aliphatic rings. The van der Waals surface area contributed by atoms with Crippen molar-refractivity contribution in [1.29, 1.82) is 0 Å². The molecule has 1 amide bonds. The monoisotopic (exact) mass is 228 g/mol. The Kier molecular flexibility index (Phi) is 3.00. The molecule has 0 fully saturated rings. The average Bonchev–Trinajstić information content (AvgIpc) is 2.73. The van der Waals surface area contributed by atoms with Crippen LogP contribution in [0.4, 0.5) is 0 Å². The van der Waals surface area contributed by atoms with Crippen LogP contribution in [0.1, 0.15) is 17.3 Å². The second-order valence-electron chi connectivity index (χ2n) is 4.40. The zero-order chi connectivity index (χ0) is 12.4. The van der Waals surface area contributed by atoms with Gasteiger partial charge in [0.2, 0.25) is 0 Å². The van der Waals surface area contributed by atoms with Crippen LogP contribution in [0.15, 0.2) is 42.6 Å². The Labute approximate surface area is 101 Å². The van der Waals surface area contributed by atoms with E-state index in [4.69, 9.17) is 0 Å². The van der Waals surface area contributed by atoms with E-state index in [2.05, 4.69) is 11.6 Å². The van der Waals surface area contributed by atoms with Gasteiger partial charge in [0, 0.05) is 36.3 Å². The highest BCUT2D eigenvalue weighted by Gasteiger charge is 2.11. The van der Waals surface area contributed by atoms with E-state index in [0.29, 0.717) is 12.1 Å². The smallest absolute Gasteiger partial charge is 0.253 e. The minimum absolute atomic E-state index is 0.0242. The Hall–Kier alpha value is -2.03. The minimum atomic E-state index is 0.0242. The predicted octanol–water partition coefficient (Wildman–Crippen LogP) is 2.82. The standard InChI is InChI=1S/C14H16N2O/c1-10(2)9-16(3)14(17)12-4-5-13-11(8-12)6-7-15-13/h4-8,15H,1,9H2,2-3H3. The van der Waals surface area contributed by atoms with Crippen LogP contribution in [0.5, 0.6) is 0 Å². The number of nitrogens with one attached hydrogen (secondary N) is 1. The summed E-state index contributed by atoms with van der Waals surface area (Å²) in [6.07, 6.45) is 1.87. The van der Waals surface area contributed by atoms with Crippen LogP contribution >= 0.6 is 0 Å². The van der Waals surface area contributed by atoms with Crippen molar-refractivity contribution in [2.45, 2.75) is 6.92 Å². The van der Waals surface area contributed by atoms with E-state index in [1.807, 2.05) is 37.4 Å². The highest BCUT2D eigenvalue weighted by Crippen LogP contribution is 2.15. The Balaban J connectivity index is 2.26. The second kappa shape index (κ2) is 4.45. The summed E-state index contributed by atoms with van der Waals surface area (Å²) in [4.78, 5) is 16.9. The molecule has 2 rings (SSSR count). The average molecular weight is 228 g/mol. The SMILES string of the molecule is C=C(C)CN(C)C(=O)c1ccc2[nH]ccc2c1. The number of likely N-dealkylation sites (N-methyl/N-ethyl adjacent to an activating group) is 1. The molecule has 3 nitrogen and oxygen atoms in total. The topological polar surface area (TPSA) is 36.1 Å². The number of fused-ring (bicyclic) bond motifs is 1. The van der Waals surface area contributed by atoms with Crippen LogP contribution in [0.2, 0.25) is 0 Å². The fraction of sp³-hybridized carbons (Fsp3) is 0.214. The van der Waals surface area contributed by atoms with Gasteiger partial charge < -0.3 is 9.88 Å². The maximum atomic E-state index is 12.1. The first kappa shape index (κ1) is 11.5. The number of carbonyl (C=O) groups excluding carboxylic acids is 1. The first-order chi connectivity index (χ1) is 8.08. The van der Waals surface area contributed by atoms with Crippen LogP contribution in [0.25, 0.3) is 10.9 Å². The lowest BCUT2D eigenvalue weighted by Crippen LogP contribution is -2.28. The van der Waals surface area contributed by atoms with E-state index >= 15 is 0 Å². The molecule has 1 N–H and O–H groups in total. The quantitative estimate of drug-likeness (QED) is 0.806. The molecule has 2 aromatic rings. The van der Waals surface area contributed by atoms with Crippen LogP contribution in [0.3, 0.4) is 0 Å². The van der Waals surface area contributed by atoms with Gasteiger partial charge in [0.1, 0.15) is 0 Å². The first-order valence-electron chi connectivity index (χ1n) is 5.55. The molecule has 0 radical (unpaired) electrons. The van der Waals surface area contributed by atoms with Crippen LogP contribution in [-0.4, -0.2) is 29.4 Å². The van der Waals surface area contributed by atoms with E-state index < -0.39 is 0 Å². The molecule has 1 heterocycles. The molecule has 0 saturated heterocycles. The lowest BCUT2D eigenvalue weighted by molar-refractivity contribution is 0.0807. The van der Waals surface area contributed by atoms with Crippen molar-refractivity contribution in [3.63, 3.8) is 0 Å². The summed E-state index contributed by atoms with van der Waals surface area (Å²) >= 11 is 0. The van der Waals surface area contributed by atoms with Gasteiger partial charge in [-0.25, -0.2) is 0 Å². The van der Waals surface area contributed by atoms with Gasteiger partial charge in [-0.1, -0.05) is 12.2 Å². The van der Waals surface area contributed by atoms with Crippen molar-refractivity contribution in [2.24, 2.45) is 0 Å².